The Bertz CT molecular complexity index is 639. The number of hydrogen-bond donors (Lipinski definition) is 1. The molecule has 0 unspecified atom stereocenters. The summed E-state index contributed by atoms with van der Waals surface area (Å²) in [5.74, 6) is 0.441. The lowest BCUT2D eigenvalue weighted by atomic mass is 10.1. The molecule has 0 bridgehead atoms. The molecule has 0 saturated carbocycles. The first-order chi connectivity index (χ1) is 11.4. The van der Waals surface area contributed by atoms with Gasteiger partial charge >= 0.3 is 0 Å². The summed E-state index contributed by atoms with van der Waals surface area (Å²) in [5, 5.41) is 3.91. The van der Waals surface area contributed by atoms with Crippen molar-refractivity contribution < 1.29 is 9.53 Å². The number of rotatable bonds is 8. The van der Waals surface area contributed by atoms with Crippen molar-refractivity contribution >= 4 is 12.1 Å². The summed E-state index contributed by atoms with van der Waals surface area (Å²) >= 11 is 0. The number of ether oxygens (including phenoxy) is 1. The quantitative estimate of drug-likeness (QED) is 0.434. The number of carbonyl (C=O) groups is 1. The molecule has 1 amide bonds. The lowest BCUT2D eigenvalue weighted by Gasteiger charge is -2.08. The van der Waals surface area contributed by atoms with E-state index in [0.29, 0.717) is 0 Å². The van der Waals surface area contributed by atoms with Crippen LogP contribution in [0.25, 0.3) is 0 Å². The number of amides is 1. The Morgan fingerprint density at radius 3 is 2.67 bits per heavy atom. The van der Waals surface area contributed by atoms with Crippen molar-refractivity contribution in [3.8, 4) is 5.75 Å². The van der Waals surface area contributed by atoms with E-state index in [4.69, 9.17) is 4.74 Å². The second kappa shape index (κ2) is 10.4. The molecule has 1 N–H and O–H groups in total. The van der Waals surface area contributed by atoms with Gasteiger partial charge in [0, 0.05) is 6.21 Å². The van der Waals surface area contributed by atoms with E-state index in [1.807, 2.05) is 38.1 Å². The zero-order valence-corrected chi connectivity index (χ0v) is 15.3. The smallest absolute Gasteiger partial charge is 0.277 e. The van der Waals surface area contributed by atoms with E-state index in [2.05, 4.69) is 37.4 Å². The van der Waals surface area contributed by atoms with Crippen molar-refractivity contribution in [2.24, 2.45) is 5.10 Å². The van der Waals surface area contributed by atoms with Crippen molar-refractivity contribution in [3.63, 3.8) is 0 Å². The first-order valence-corrected chi connectivity index (χ1v) is 8.19. The SMILES string of the molecule is CC(C)=CCC/C(C)=C/C=N/NC(=O)COc1ccc(C)cc1C. The largest absolute Gasteiger partial charge is 0.483 e. The highest BCUT2D eigenvalue weighted by atomic mass is 16.5. The van der Waals surface area contributed by atoms with Gasteiger partial charge in [-0.25, -0.2) is 5.43 Å². The summed E-state index contributed by atoms with van der Waals surface area (Å²) in [6.07, 6.45) is 7.73. The van der Waals surface area contributed by atoms with Gasteiger partial charge in [-0.3, -0.25) is 4.79 Å². The lowest BCUT2D eigenvalue weighted by Crippen LogP contribution is -2.24. The molecule has 1 aromatic carbocycles. The van der Waals surface area contributed by atoms with Gasteiger partial charge in [0.15, 0.2) is 6.61 Å². The van der Waals surface area contributed by atoms with E-state index < -0.39 is 0 Å². The van der Waals surface area contributed by atoms with Gasteiger partial charge < -0.3 is 4.74 Å². The van der Waals surface area contributed by atoms with Crippen molar-refractivity contribution in [2.75, 3.05) is 6.61 Å². The Balaban J connectivity index is 2.33. The van der Waals surface area contributed by atoms with Crippen molar-refractivity contribution in [1.82, 2.24) is 5.43 Å². The van der Waals surface area contributed by atoms with Crippen LogP contribution < -0.4 is 10.2 Å². The fraction of sp³-hybridized carbons (Fsp3) is 0.400. The number of carbonyl (C=O) groups excluding carboxylic acids is 1. The third-order valence-electron chi connectivity index (χ3n) is 3.40. The van der Waals surface area contributed by atoms with Crippen molar-refractivity contribution in [3.05, 3.63) is 52.6 Å². The molecule has 0 aliphatic rings. The van der Waals surface area contributed by atoms with E-state index in [0.717, 1.165) is 24.2 Å². The summed E-state index contributed by atoms with van der Waals surface area (Å²) in [6.45, 7) is 10.2. The lowest BCUT2D eigenvalue weighted by molar-refractivity contribution is -0.123. The molecule has 0 fully saturated rings. The molecule has 0 spiro atoms. The Kier molecular flexibility index (Phi) is 8.55. The summed E-state index contributed by atoms with van der Waals surface area (Å²) in [7, 11) is 0. The van der Waals surface area contributed by atoms with Crippen LogP contribution in [-0.4, -0.2) is 18.7 Å². The Morgan fingerprint density at radius 2 is 2.00 bits per heavy atom. The highest BCUT2D eigenvalue weighted by molar-refractivity contribution is 5.79. The Hall–Kier alpha value is -2.36. The predicted molar refractivity (Wildman–Crippen MR) is 100 cm³/mol. The fourth-order valence-electron chi connectivity index (χ4n) is 2.08. The Labute approximate surface area is 145 Å². The average Bonchev–Trinajstić information content (AvgIpc) is 2.50. The van der Waals surface area contributed by atoms with Gasteiger partial charge in [-0.15, -0.1) is 0 Å². The minimum absolute atomic E-state index is 0.0511. The minimum Gasteiger partial charge on any atom is -0.483 e. The molecule has 1 rings (SSSR count). The molecule has 1 aromatic rings. The van der Waals surface area contributed by atoms with Crippen LogP contribution in [0.15, 0.2) is 46.6 Å². The normalized spacial score (nSPS) is 11.5. The van der Waals surface area contributed by atoms with E-state index in [1.54, 1.807) is 6.21 Å². The molecule has 0 aliphatic heterocycles. The topological polar surface area (TPSA) is 50.7 Å². The zero-order chi connectivity index (χ0) is 17.9. The van der Waals surface area contributed by atoms with Gasteiger partial charge in [0.2, 0.25) is 0 Å². The maximum atomic E-state index is 11.7. The molecule has 0 radical (unpaired) electrons. The van der Waals surface area contributed by atoms with E-state index in [-0.39, 0.29) is 12.5 Å². The molecule has 4 nitrogen and oxygen atoms in total. The number of hydrogen-bond acceptors (Lipinski definition) is 3. The summed E-state index contributed by atoms with van der Waals surface area (Å²) in [4.78, 5) is 11.7. The second-order valence-electron chi connectivity index (χ2n) is 6.20. The zero-order valence-electron chi connectivity index (χ0n) is 15.3. The maximum absolute atomic E-state index is 11.7. The predicted octanol–water partition coefficient (Wildman–Crippen LogP) is 4.48. The van der Waals surface area contributed by atoms with Gasteiger partial charge in [0.1, 0.15) is 5.75 Å². The van der Waals surface area contributed by atoms with Crippen LogP contribution in [0.5, 0.6) is 5.75 Å². The summed E-state index contributed by atoms with van der Waals surface area (Å²) in [5.41, 5.74) is 7.19. The van der Waals surface area contributed by atoms with Crippen LogP contribution in [0, 0.1) is 13.8 Å². The molecular weight excluding hydrogens is 300 g/mol. The van der Waals surface area contributed by atoms with Gasteiger partial charge in [0.05, 0.1) is 0 Å². The highest BCUT2D eigenvalue weighted by Crippen LogP contribution is 2.18. The third kappa shape index (κ3) is 8.32. The van der Waals surface area contributed by atoms with Gasteiger partial charge in [0.25, 0.3) is 5.91 Å². The minimum atomic E-state index is -0.276. The number of allylic oxidation sites excluding steroid dienone is 4. The van der Waals surface area contributed by atoms with Crippen LogP contribution in [-0.2, 0) is 4.79 Å². The van der Waals surface area contributed by atoms with E-state index in [9.17, 15) is 4.79 Å². The van der Waals surface area contributed by atoms with Crippen LogP contribution in [0.2, 0.25) is 0 Å². The third-order valence-corrected chi connectivity index (χ3v) is 3.40. The van der Waals surface area contributed by atoms with Crippen molar-refractivity contribution in [1.29, 1.82) is 0 Å². The Morgan fingerprint density at radius 1 is 1.25 bits per heavy atom. The first-order valence-electron chi connectivity index (χ1n) is 8.19. The monoisotopic (exact) mass is 328 g/mol. The number of aryl methyl sites for hydroxylation is 2. The molecule has 4 heteroatoms. The second-order valence-corrected chi connectivity index (χ2v) is 6.20. The average molecular weight is 328 g/mol. The van der Waals surface area contributed by atoms with Crippen LogP contribution in [0.4, 0.5) is 0 Å². The van der Waals surface area contributed by atoms with Crippen molar-refractivity contribution in [2.45, 2.75) is 47.5 Å². The standard InChI is InChI=1S/C20H28N2O2/c1-15(2)7-6-8-16(3)11-12-21-22-20(23)14-24-19-10-9-17(4)13-18(19)5/h7,9-13H,6,8,14H2,1-5H3,(H,22,23)/b16-11+,21-12+. The fourth-order valence-corrected chi connectivity index (χ4v) is 2.08. The summed E-state index contributed by atoms with van der Waals surface area (Å²) in [6, 6.07) is 5.86. The summed E-state index contributed by atoms with van der Waals surface area (Å²) < 4.78 is 5.50. The molecule has 0 aromatic heterocycles. The van der Waals surface area contributed by atoms with E-state index in [1.165, 1.54) is 16.7 Å². The van der Waals surface area contributed by atoms with Crippen LogP contribution in [0.1, 0.15) is 44.7 Å². The van der Waals surface area contributed by atoms with Crippen LogP contribution in [0.3, 0.4) is 0 Å². The van der Waals surface area contributed by atoms with Crippen LogP contribution >= 0.6 is 0 Å². The number of benzene rings is 1. The van der Waals surface area contributed by atoms with E-state index >= 15 is 0 Å². The van der Waals surface area contributed by atoms with Gasteiger partial charge in [-0.2, -0.15) is 5.10 Å². The molecular formula is C20H28N2O2. The number of nitrogens with one attached hydrogen (secondary N) is 1. The molecule has 0 saturated heterocycles. The number of hydrazone groups is 1. The molecule has 0 heterocycles. The molecule has 0 atom stereocenters. The van der Waals surface area contributed by atoms with Gasteiger partial charge in [-0.1, -0.05) is 34.9 Å². The number of nitrogens with zero attached hydrogens (tertiary/aromatic N) is 1. The molecule has 130 valence electrons. The molecule has 24 heavy (non-hydrogen) atoms. The molecule has 0 aliphatic carbocycles. The maximum Gasteiger partial charge on any atom is 0.277 e. The highest BCUT2D eigenvalue weighted by Gasteiger charge is 2.03. The van der Waals surface area contributed by atoms with Gasteiger partial charge in [-0.05, 0) is 65.2 Å². The first kappa shape index (κ1) is 19.7.